The summed E-state index contributed by atoms with van der Waals surface area (Å²) in [5.74, 6) is 1.44. The fourth-order valence-corrected chi connectivity index (χ4v) is 4.31. The van der Waals surface area contributed by atoms with E-state index in [9.17, 15) is 9.18 Å². The summed E-state index contributed by atoms with van der Waals surface area (Å²) in [6.45, 7) is 7.28. The molecule has 4 rings (SSSR count). The molecule has 0 radical (unpaired) electrons. The molecule has 1 saturated heterocycles. The lowest BCUT2D eigenvalue weighted by Gasteiger charge is -2.44. The number of aryl methyl sites for hydroxylation is 2. The van der Waals surface area contributed by atoms with Crippen LogP contribution in [0.5, 0.6) is 11.5 Å². The number of piperidine rings is 1. The van der Waals surface area contributed by atoms with Gasteiger partial charge in [0.05, 0.1) is 6.10 Å². The van der Waals surface area contributed by atoms with Crippen LogP contribution in [0.3, 0.4) is 0 Å². The van der Waals surface area contributed by atoms with Crippen LogP contribution >= 0.6 is 0 Å². The smallest absolute Gasteiger partial charge is 0.253 e. The zero-order valence-electron chi connectivity index (χ0n) is 17.3. The number of fused-ring (bicyclic) bond motifs is 1. The molecule has 0 atom stereocenters. The van der Waals surface area contributed by atoms with Crippen LogP contribution in [0.4, 0.5) is 4.39 Å². The molecule has 1 amide bonds. The van der Waals surface area contributed by atoms with E-state index in [1.807, 2.05) is 43.9 Å². The van der Waals surface area contributed by atoms with Gasteiger partial charge in [0.1, 0.15) is 22.9 Å². The molecular weight excluding hydrogens is 369 g/mol. The maximum atomic E-state index is 13.4. The number of carbonyl (C=O) groups excluding carboxylic acids is 1. The van der Waals surface area contributed by atoms with E-state index in [1.165, 1.54) is 6.07 Å². The lowest BCUT2D eigenvalue weighted by molar-refractivity contribution is -0.0108. The highest BCUT2D eigenvalue weighted by Crippen LogP contribution is 2.39. The molecule has 5 heteroatoms. The van der Waals surface area contributed by atoms with Crippen molar-refractivity contribution in [3.63, 3.8) is 0 Å². The third-order valence-electron chi connectivity index (χ3n) is 5.95. The quantitative estimate of drug-likeness (QED) is 0.738. The molecule has 2 aliphatic rings. The molecule has 0 aliphatic carbocycles. The van der Waals surface area contributed by atoms with Crippen molar-refractivity contribution < 1.29 is 18.7 Å². The van der Waals surface area contributed by atoms with Crippen LogP contribution in [0.25, 0.3) is 0 Å². The van der Waals surface area contributed by atoms with Gasteiger partial charge in [-0.3, -0.25) is 4.79 Å². The molecule has 0 aromatic heterocycles. The van der Waals surface area contributed by atoms with E-state index < -0.39 is 0 Å². The zero-order chi connectivity index (χ0) is 20.6. The van der Waals surface area contributed by atoms with Gasteiger partial charge in [0.25, 0.3) is 5.91 Å². The van der Waals surface area contributed by atoms with E-state index in [2.05, 4.69) is 0 Å². The number of hydrogen-bond donors (Lipinski definition) is 0. The Balaban J connectivity index is 1.41. The summed E-state index contributed by atoms with van der Waals surface area (Å²) in [6, 6.07) is 10.4. The molecule has 0 bridgehead atoms. The first-order valence-corrected chi connectivity index (χ1v) is 10.4. The van der Waals surface area contributed by atoms with E-state index >= 15 is 0 Å². The molecule has 4 nitrogen and oxygen atoms in total. The van der Waals surface area contributed by atoms with Crippen molar-refractivity contribution >= 4 is 5.91 Å². The van der Waals surface area contributed by atoms with E-state index in [4.69, 9.17) is 9.47 Å². The van der Waals surface area contributed by atoms with Gasteiger partial charge in [0.15, 0.2) is 0 Å². The number of likely N-dealkylation sites (tertiary alicyclic amines) is 1. The van der Waals surface area contributed by atoms with Crippen LogP contribution in [0.15, 0.2) is 36.4 Å². The summed E-state index contributed by atoms with van der Waals surface area (Å²) >= 11 is 0. The average Bonchev–Trinajstić information content (AvgIpc) is 2.70. The van der Waals surface area contributed by atoms with Gasteiger partial charge in [-0.1, -0.05) is 0 Å². The zero-order valence-corrected chi connectivity index (χ0v) is 17.3. The number of hydrogen-bond acceptors (Lipinski definition) is 3. The third-order valence-corrected chi connectivity index (χ3v) is 5.95. The second-order valence-electron chi connectivity index (χ2n) is 8.48. The first-order chi connectivity index (χ1) is 13.8. The van der Waals surface area contributed by atoms with E-state index in [0.717, 1.165) is 48.3 Å². The Bertz CT molecular complexity index is 916. The van der Waals surface area contributed by atoms with E-state index in [0.29, 0.717) is 18.7 Å². The standard InChI is InChI=1S/C24H28FNO3/c1-16(2)28-21-6-4-19(14-17(21)3)23(27)26-12-10-24(11-13-26)9-8-18-15-20(25)5-7-22(18)29-24/h4-7,14-16H,8-13H2,1-3H3. The van der Waals surface area contributed by atoms with Gasteiger partial charge >= 0.3 is 0 Å². The Morgan fingerprint density at radius 2 is 1.90 bits per heavy atom. The maximum absolute atomic E-state index is 13.4. The number of carbonyl (C=O) groups is 1. The van der Waals surface area contributed by atoms with Crippen LogP contribution in [-0.4, -0.2) is 35.6 Å². The van der Waals surface area contributed by atoms with Crippen LogP contribution in [0.2, 0.25) is 0 Å². The predicted molar refractivity (Wildman–Crippen MR) is 110 cm³/mol. The van der Waals surface area contributed by atoms with Crippen molar-refractivity contribution in [3.05, 3.63) is 58.9 Å². The van der Waals surface area contributed by atoms with Crippen molar-refractivity contribution in [1.82, 2.24) is 4.90 Å². The van der Waals surface area contributed by atoms with Gasteiger partial charge in [-0.05, 0) is 81.1 Å². The van der Waals surface area contributed by atoms with Crippen molar-refractivity contribution in [2.45, 2.75) is 58.2 Å². The fraction of sp³-hybridized carbons (Fsp3) is 0.458. The Hall–Kier alpha value is -2.56. The number of amides is 1. The number of ether oxygens (including phenoxy) is 2. The molecule has 0 saturated carbocycles. The first-order valence-electron chi connectivity index (χ1n) is 10.4. The number of rotatable bonds is 3. The Morgan fingerprint density at radius 1 is 1.14 bits per heavy atom. The average molecular weight is 397 g/mol. The molecule has 1 fully saturated rings. The molecule has 2 aromatic rings. The van der Waals surface area contributed by atoms with Gasteiger partial charge < -0.3 is 14.4 Å². The molecule has 0 N–H and O–H groups in total. The van der Waals surface area contributed by atoms with E-state index in [-0.39, 0.29) is 23.4 Å². The number of benzene rings is 2. The summed E-state index contributed by atoms with van der Waals surface area (Å²) in [4.78, 5) is 14.9. The highest BCUT2D eigenvalue weighted by molar-refractivity contribution is 5.94. The van der Waals surface area contributed by atoms with Gasteiger partial charge in [-0.2, -0.15) is 0 Å². The Morgan fingerprint density at radius 3 is 2.59 bits per heavy atom. The molecule has 2 heterocycles. The summed E-state index contributed by atoms with van der Waals surface area (Å²) in [5, 5.41) is 0. The van der Waals surface area contributed by atoms with Gasteiger partial charge in [0, 0.05) is 31.5 Å². The predicted octanol–water partition coefficient (Wildman–Crippen LogP) is 4.92. The highest BCUT2D eigenvalue weighted by atomic mass is 19.1. The minimum absolute atomic E-state index is 0.0531. The summed E-state index contributed by atoms with van der Waals surface area (Å²) in [7, 11) is 0. The van der Waals surface area contributed by atoms with Gasteiger partial charge in [-0.15, -0.1) is 0 Å². The second-order valence-corrected chi connectivity index (χ2v) is 8.48. The summed E-state index contributed by atoms with van der Waals surface area (Å²) in [6.07, 6.45) is 3.38. The SMILES string of the molecule is Cc1cc(C(=O)N2CCC3(CCc4cc(F)ccc4O3)CC2)ccc1OC(C)C. The summed E-state index contributed by atoms with van der Waals surface area (Å²) < 4.78 is 25.5. The molecule has 1 spiro atoms. The van der Waals surface area contributed by atoms with Crippen LogP contribution in [0, 0.1) is 12.7 Å². The Kier molecular flexibility index (Phi) is 5.24. The lowest BCUT2D eigenvalue weighted by Crippen LogP contribution is -2.51. The van der Waals surface area contributed by atoms with Crippen LogP contribution < -0.4 is 9.47 Å². The Labute approximate surface area is 171 Å². The molecule has 29 heavy (non-hydrogen) atoms. The molecular formula is C24H28FNO3. The third kappa shape index (κ3) is 4.09. The minimum atomic E-state index is -0.244. The largest absolute Gasteiger partial charge is 0.491 e. The van der Waals surface area contributed by atoms with Gasteiger partial charge in [0.2, 0.25) is 0 Å². The second kappa shape index (κ2) is 7.69. The topological polar surface area (TPSA) is 38.8 Å². The van der Waals surface area contributed by atoms with Crippen LogP contribution in [-0.2, 0) is 6.42 Å². The van der Waals surface area contributed by atoms with Crippen molar-refractivity contribution in [1.29, 1.82) is 0 Å². The fourth-order valence-electron chi connectivity index (χ4n) is 4.31. The monoisotopic (exact) mass is 397 g/mol. The normalized spacial score (nSPS) is 17.8. The lowest BCUT2D eigenvalue weighted by atomic mass is 9.83. The van der Waals surface area contributed by atoms with Crippen LogP contribution in [0.1, 0.15) is 54.6 Å². The van der Waals surface area contributed by atoms with E-state index in [1.54, 1.807) is 12.1 Å². The molecule has 2 aliphatic heterocycles. The number of halogens is 1. The highest BCUT2D eigenvalue weighted by Gasteiger charge is 2.40. The number of nitrogens with zero attached hydrogens (tertiary/aromatic N) is 1. The maximum Gasteiger partial charge on any atom is 0.253 e. The van der Waals surface area contributed by atoms with Crippen molar-refractivity contribution in [2.75, 3.05) is 13.1 Å². The molecule has 2 aromatic carbocycles. The van der Waals surface area contributed by atoms with Crippen molar-refractivity contribution in [3.8, 4) is 11.5 Å². The van der Waals surface area contributed by atoms with Crippen molar-refractivity contribution in [2.24, 2.45) is 0 Å². The minimum Gasteiger partial charge on any atom is -0.491 e. The molecule has 154 valence electrons. The first kappa shape index (κ1) is 19.7. The van der Waals surface area contributed by atoms with Gasteiger partial charge in [-0.25, -0.2) is 4.39 Å². The molecule has 0 unspecified atom stereocenters. The summed E-state index contributed by atoms with van der Waals surface area (Å²) in [5.41, 5.74) is 2.36.